The van der Waals surface area contributed by atoms with Crippen LogP contribution in [-0.4, -0.2) is 25.2 Å². The van der Waals surface area contributed by atoms with Crippen LogP contribution in [0.1, 0.15) is 21.5 Å². The van der Waals surface area contributed by atoms with E-state index in [1.54, 1.807) is 10.9 Å². The minimum atomic E-state index is -0.0963. The monoisotopic (exact) mass is 407 g/mol. The number of amides is 1. The standard InChI is InChI=1S/C25H21N5O/c31-25(21-10-12-22(13-11-21)30-15-3-14-28-30)26-16-19-6-8-20(9-7-19)17-29-18-27-23-4-1-2-5-24(23)29/h1-15,18H,16-17H2,(H,26,31). The van der Waals surface area contributed by atoms with Gasteiger partial charge in [0.05, 0.1) is 23.0 Å². The van der Waals surface area contributed by atoms with Crippen LogP contribution in [0.25, 0.3) is 16.7 Å². The molecular formula is C25H21N5O. The number of rotatable bonds is 6. The van der Waals surface area contributed by atoms with Gasteiger partial charge in [-0.1, -0.05) is 36.4 Å². The molecule has 6 nitrogen and oxygen atoms in total. The SMILES string of the molecule is O=C(NCc1ccc(Cn2cnc3ccccc32)cc1)c1ccc(-n2cccn2)cc1. The van der Waals surface area contributed by atoms with Gasteiger partial charge in [-0.3, -0.25) is 4.79 Å². The van der Waals surface area contributed by atoms with Gasteiger partial charge in [0, 0.05) is 31.0 Å². The van der Waals surface area contributed by atoms with Crippen molar-refractivity contribution < 1.29 is 4.79 Å². The number of aromatic nitrogens is 4. The number of nitrogens with one attached hydrogen (secondary N) is 1. The van der Waals surface area contributed by atoms with Crippen molar-refractivity contribution >= 4 is 16.9 Å². The van der Waals surface area contributed by atoms with E-state index in [1.807, 2.05) is 61.1 Å². The lowest BCUT2D eigenvalue weighted by atomic mass is 10.1. The number of imidazole rings is 1. The van der Waals surface area contributed by atoms with Crippen LogP contribution in [-0.2, 0) is 13.1 Å². The zero-order chi connectivity index (χ0) is 21.0. The van der Waals surface area contributed by atoms with E-state index in [1.165, 1.54) is 5.56 Å². The fourth-order valence-corrected chi connectivity index (χ4v) is 3.57. The molecule has 31 heavy (non-hydrogen) atoms. The molecule has 1 amide bonds. The van der Waals surface area contributed by atoms with E-state index in [0.717, 1.165) is 28.8 Å². The lowest BCUT2D eigenvalue weighted by Crippen LogP contribution is -2.22. The van der Waals surface area contributed by atoms with E-state index in [0.29, 0.717) is 12.1 Å². The fourth-order valence-electron chi connectivity index (χ4n) is 3.57. The van der Waals surface area contributed by atoms with Crippen molar-refractivity contribution in [3.8, 4) is 5.69 Å². The van der Waals surface area contributed by atoms with E-state index in [9.17, 15) is 4.79 Å². The first-order chi connectivity index (χ1) is 15.3. The largest absolute Gasteiger partial charge is 0.348 e. The molecule has 6 heteroatoms. The van der Waals surface area contributed by atoms with Crippen molar-refractivity contribution in [1.29, 1.82) is 0 Å². The number of fused-ring (bicyclic) bond motifs is 1. The first kappa shape index (κ1) is 18.8. The molecule has 5 aromatic rings. The number of nitrogens with zero attached hydrogens (tertiary/aromatic N) is 4. The Bertz CT molecular complexity index is 1300. The molecule has 0 aliphatic carbocycles. The Balaban J connectivity index is 1.19. The highest BCUT2D eigenvalue weighted by Crippen LogP contribution is 2.15. The maximum atomic E-state index is 12.5. The topological polar surface area (TPSA) is 64.7 Å². The van der Waals surface area contributed by atoms with E-state index < -0.39 is 0 Å². The number of hydrogen-bond acceptors (Lipinski definition) is 3. The Kier molecular flexibility index (Phi) is 5.02. The van der Waals surface area contributed by atoms with Crippen LogP contribution in [0.2, 0.25) is 0 Å². The van der Waals surface area contributed by atoms with Gasteiger partial charge in [0.2, 0.25) is 0 Å². The second-order valence-electron chi connectivity index (χ2n) is 7.36. The number of hydrogen-bond donors (Lipinski definition) is 1. The predicted molar refractivity (Wildman–Crippen MR) is 120 cm³/mol. The number of benzene rings is 3. The zero-order valence-corrected chi connectivity index (χ0v) is 16.8. The summed E-state index contributed by atoms with van der Waals surface area (Å²) in [6.07, 6.45) is 5.47. The van der Waals surface area contributed by atoms with Gasteiger partial charge in [-0.2, -0.15) is 5.10 Å². The first-order valence-electron chi connectivity index (χ1n) is 10.1. The number of carbonyl (C=O) groups is 1. The lowest BCUT2D eigenvalue weighted by molar-refractivity contribution is 0.0951. The molecule has 1 N–H and O–H groups in total. The molecular weight excluding hydrogens is 386 g/mol. The van der Waals surface area contributed by atoms with Crippen LogP contribution >= 0.6 is 0 Å². The van der Waals surface area contributed by atoms with Crippen LogP contribution in [0.4, 0.5) is 0 Å². The summed E-state index contributed by atoms with van der Waals surface area (Å²) in [5, 5.41) is 7.18. The number of para-hydroxylation sites is 2. The van der Waals surface area contributed by atoms with Crippen LogP contribution in [0.15, 0.2) is 97.6 Å². The fraction of sp³-hybridized carbons (Fsp3) is 0.0800. The zero-order valence-electron chi connectivity index (χ0n) is 16.8. The second kappa shape index (κ2) is 8.28. The van der Waals surface area contributed by atoms with Crippen molar-refractivity contribution in [3.63, 3.8) is 0 Å². The van der Waals surface area contributed by atoms with E-state index >= 15 is 0 Å². The summed E-state index contributed by atoms with van der Waals surface area (Å²) in [4.78, 5) is 16.9. The predicted octanol–water partition coefficient (Wildman–Crippen LogP) is 4.20. The van der Waals surface area contributed by atoms with Crippen LogP contribution in [0.5, 0.6) is 0 Å². The maximum absolute atomic E-state index is 12.5. The summed E-state index contributed by atoms with van der Waals surface area (Å²) in [7, 11) is 0. The van der Waals surface area contributed by atoms with Crippen LogP contribution < -0.4 is 5.32 Å². The molecule has 2 aromatic heterocycles. The third-order valence-corrected chi connectivity index (χ3v) is 5.25. The normalized spacial score (nSPS) is 11.0. The van der Waals surface area contributed by atoms with Gasteiger partial charge < -0.3 is 9.88 Å². The molecule has 0 spiro atoms. The van der Waals surface area contributed by atoms with E-state index in [4.69, 9.17) is 0 Å². The highest BCUT2D eigenvalue weighted by atomic mass is 16.1. The highest BCUT2D eigenvalue weighted by Gasteiger charge is 2.07. The van der Waals surface area contributed by atoms with Crippen molar-refractivity contribution in [2.45, 2.75) is 13.1 Å². The molecule has 0 atom stereocenters. The first-order valence-corrected chi connectivity index (χ1v) is 10.1. The average molecular weight is 407 g/mol. The van der Waals surface area contributed by atoms with Gasteiger partial charge in [-0.15, -0.1) is 0 Å². The summed E-state index contributed by atoms with van der Waals surface area (Å²) in [6.45, 7) is 1.24. The van der Waals surface area contributed by atoms with Gasteiger partial charge >= 0.3 is 0 Å². The Labute approximate surface area is 179 Å². The molecule has 0 saturated carbocycles. The summed E-state index contributed by atoms with van der Waals surface area (Å²) in [5.74, 6) is -0.0963. The Morgan fingerprint density at radius 2 is 1.65 bits per heavy atom. The Hall–Kier alpha value is -4.19. The molecule has 0 fully saturated rings. The molecule has 152 valence electrons. The van der Waals surface area contributed by atoms with Gasteiger partial charge in [0.25, 0.3) is 5.91 Å². The summed E-state index contributed by atoms with van der Waals surface area (Å²) < 4.78 is 3.90. The van der Waals surface area contributed by atoms with Gasteiger partial charge in [-0.05, 0) is 53.6 Å². The Morgan fingerprint density at radius 1 is 0.871 bits per heavy atom. The molecule has 0 radical (unpaired) electrons. The minimum absolute atomic E-state index is 0.0963. The van der Waals surface area contributed by atoms with E-state index in [2.05, 4.69) is 50.3 Å². The molecule has 0 aliphatic rings. The quantitative estimate of drug-likeness (QED) is 0.459. The van der Waals surface area contributed by atoms with Crippen LogP contribution in [0.3, 0.4) is 0 Å². The van der Waals surface area contributed by atoms with Crippen molar-refractivity contribution in [2.24, 2.45) is 0 Å². The number of carbonyl (C=O) groups excluding carboxylic acids is 1. The lowest BCUT2D eigenvalue weighted by Gasteiger charge is -2.08. The molecule has 0 aliphatic heterocycles. The molecule has 0 bridgehead atoms. The summed E-state index contributed by atoms with van der Waals surface area (Å²) >= 11 is 0. The van der Waals surface area contributed by atoms with Gasteiger partial charge in [-0.25, -0.2) is 9.67 Å². The van der Waals surface area contributed by atoms with Crippen molar-refractivity contribution in [3.05, 3.63) is 114 Å². The van der Waals surface area contributed by atoms with Gasteiger partial charge in [0.1, 0.15) is 0 Å². The smallest absolute Gasteiger partial charge is 0.251 e. The van der Waals surface area contributed by atoms with Crippen molar-refractivity contribution in [2.75, 3.05) is 0 Å². The molecule has 0 saturated heterocycles. The van der Waals surface area contributed by atoms with Gasteiger partial charge in [0.15, 0.2) is 0 Å². The summed E-state index contributed by atoms with van der Waals surface area (Å²) in [6, 6.07) is 25.7. The highest BCUT2D eigenvalue weighted by molar-refractivity contribution is 5.94. The van der Waals surface area contributed by atoms with E-state index in [-0.39, 0.29) is 5.91 Å². The molecule has 2 heterocycles. The van der Waals surface area contributed by atoms with Crippen molar-refractivity contribution in [1.82, 2.24) is 24.6 Å². The second-order valence-corrected chi connectivity index (χ2v) is 7.36. The average Bonchev–Trinajstić information content (AvgIpc) is 3.49. The Morgan fingerprint density at radius 3 is 2.42 bits per heavy atom. The molecule has 5 rings (SSSR count). The third-order valence-electron chi connectivity index (χ3n) is 5.25. The minimum Gasteiger partial charge on any atom is -0.348 e. The molecule has 0 unspecified atom stereocenters. The third kappa shape index (κ3) is 4.09. The van der Waals surface area contributed by atoms with Crippen LogP contribution in [0, 0.1) is 0 Å². The molecule has 3 aromatic carbocycles. The summed E-state index contributed by atoms with van der Waals surface area (Å²) in [5.41, 5.74) is 5.91. The maximum Gasteiger partial charge on any atom is 0.251 e.